The molecule has 12 heavy (non-hydrogen) atoms. The summed E-state index contributed by atoms with van der Waals surface area (Å²) in [5.41, 5.74) is 7.62. The summed E-state index contributed by atoms with van der Waals surface area (Å²) in [6, 6.07) is 0. The van der Waals surface area contributed by atoms with Gasteiger partial charge in [-0.1, -0.05) is 12.5 Å². The van der Waals surface area contributed by atoms with Crippen molar-refractivity contribution in [3.63, 3.8) is 0 Å². The summed E-state index contributed by atoms with van der Waals surface area (Å²) < 4.78 is 0. The highest BCUT2D eigenvalue weighted by molar-refractivity contribution is 6.59. The van der Waals surface area contributed by atoms with Gasteiger partial charge in [-0.15, -0.1) is 12.1 Å². The maximum absolute atomic E-state index is 7.35. The minimum absolute atomic E-state index is 0.201. The Hall–Kier alpha value is -0.985. The van der Waals surface area contributed by atoms with Crippen molar-refractivity contribution in [1.82, 2.24) is 0 Å². The van der Waals surface area contributed by atoms with E-state index in [0.717, 1.165) is 19.2 Å². The highest BCUT2D eigenvalue weighted by Crippen LogP contribution is 2.06. The van der Waals surface area contributed by atoms with Crippen molar-refractivity contribution in [1.29, 1.82) is 5.41 Å². The zero-order chi connectivity index (χ0) is 9.56. The molecule has 0 aromatic heterocycles. The summed E-state index contributed by atoms with van der Waals surface area (Å²) in [6.45, 7) is 6.08. The number of allylic oxidation sites excluding steroid dienone is 2. The molecule has 0 amide bonds. The van der Waals surface area contributed by atoms with E-state index < -0.39 is 0 Å². The molecule has 2 nitrogen and oxygen atoms in total. The molecule has 0 rings (SSSR count). The maximum Gasteiger partial charge on any atom is 0.187 e. The first-order valence-electron chi connectivity index (χ1n) is 4.27. The lowest BCUT2D eigenvalue weighted by molar-refractivity contribution is 1.09. The van der Waals surface area contributed by atoms with Crippen LogP contribution in [-0.4, -0.2) is 13.1 Å². The van der Waals surface area contributed by atoms with Gasteiger partial charge in [0.2, 0.25) is 0 Å². The van der Waals surface area contributed by atoms with Gasteiger partial charge in [0, 0.05) is 0 Å². The number of hydrogen-bond donors (Lipinski definition) is 2. The molecule has 0 heterocycles. The van der Waals surface area contributed by atoms with Gasteiger partial charge < -0.3 is 5.73 Å². The first kappa shape index (κ1) is 11.0. The van der Waals surface area contributed by atoms with Gasteiger partial charge in [-0.05, 0) is 25.7 Å². The Morgan fingerprint density at radius 3 is 2.50 bits per heavy atom. The van der Waals surface area contributed by atoms with Gasteiger partial charge in [0.1, 0.15) is 5.84 Å². The van der Waals surface area contributed by atoms with Crippen LogP contribution in [0.15, 0.2) is 23.1 Å². The molecule has 0 aromatic rings. The topological polar surface area (TPSA) is 49.9 Å². The zero-order valence-corrected chi connectivity index (χ0v) is 8.15. The summed E-state index contributed by atoms with van der Waals surface area (Å²) in [5.74, 6) is 2.23. The number of nitrogens with two attached hydrogens (primary N) is 1. The summed E-state index contributed by atoms with van der Waals surface area (Å²) in [5, 5.41) is 7.35. The maximum atomic E-state index is 7.35. The first-order valence-corrected chi connectivity index (χ1v) is 4.27. The first-order chi connectivity index (χ1) is 5.63. The highest BCUT2D eigenvalue weighted by atomic mass is 14.7. The van der Waals surface area contributed by atoms with Gasteiger partial charge in [-0.3, -0.25) is 5.41 Å². The molecule has 0 atom stereocenters. The molecule has 0 aliphatic rings. The Labute approximate surface area is 75.3 Å². The van der Waals surface area contributed by atoms with E-state index in [4.69, 9.17) is 11.1 Å². The largest absolute Gasteiger partial charge is 0.385 e. The van der Waals surface area contributed by atoms with Crippen LogP contribution in [0.4, 0.5) is 0 Å². The molecule has 0 radical (unpaired) electrons. The molecule has 0 saturated carbocycles. The van der Waals surface area contributed by atoms with Gasteiger partial charge in [0.25, 0.3) is 0 Å². The Kier molecular flexibility index (Phi) is 5.18. The Balaban J connectivity index is 4.54. The van der Waals surface area contributed by atoms with Gasteiger partial charge in [-0.2, -0.15) is 0 Å². The molecule has 3 heteroatoms. The van der Waals surface area contributed by atoms with Crippen LogP contribution in [0.3, 0.4) is 0 Å². The third-order valence-corrected chi connectivity index (χ3v) is 1.93. The van der Waals surface area contributed by atoms with Crippen LogP contribution in [0.5, 0.6) is 0 Å². The van der Waals surface area contributed by atoms with E-state index in [0.29, 0.717) is 0 Å². The minimum atomic E-state index is 0.201. The summed E-state index contributed by atoms with van der Waals surface area (Å²) >= 11 is 0. The normalized spacial score (nSPS) is 12.9. The van der Waals surface area contributed by atoms with E-state index in [9.17, 15) is 0 Å². The van der Waals surface area contributed by atoms with Crippen LogP contribution < -0.4 is 5.73 Å². The van der Waals surface area contributed by atoms with Crippen LogP contribution in [0.25, 0.3) is 0 Å². The van der Waals surface area contributed by atoms with Crippen LogP contribution in [0.1, 0.15) is 27.2 Å². The van der Waals surface area contributed by atoms with E-state index in [1.165, 1.54) is 5.57 Å². The summed E-state index contributed by atoms with van der Waals surface area (Å²) in [6.07, 6.45) is 2.94. The van der Waals surface area contributed by atoms with E-state index >= 15 is 0 Å². The van der Waals surface area contributed by atoms with Crippen molar-refractivity contribution < 1.29 is 0 Å². The Morgan fingerprint density at radius 1 is 1.58 bits per heavy atom. The van der Waals surface area contributed by atoms with Gasteiger partial charge >= 0.3 is 0 Å². The molecule has 0 bridgehead atoms. The quantitative estimate of drug-likeness (QED) is 0.370. The number of rotatable bonds is 4. The molecule has 0 aliphatic heterocycles. The molecule has 0 spiro atoms. The standard InChI is InChI=1S/C9H17BN2/c1-4-6-10-8(9(11)12)7(3)5-2/h4,6,10H,5H2,1-3H3,(H3,11,12)/b6-4-,8-7+. The van der Waals surface area contributed by atoms with Gasteiger partial charge in [0.05, 0.1) is 0 Å². The van der Waals surface area contributed by atoms with Crippen molar-refractivity contribution >= 4 is 13.1 Å². The average Bonchev–Trinajstić information content (AvgIpc) is 2.04. The van der Waals surface area contributed by atoms with Crippen LogP contribution in [0.2, 0.25) is 0 Å². The second kappa shape index (κ2) is 5.64. The van der Waals surface area contributed by atoms with Crippen LogP contribution in [-0.2, 0) is 0 Å². The third kappa shape index (κ3) is 3.42. The summed E-state index contributed by atoms with van der Waals surface area (Å²) in [4.78, 5) is 0. The van der Waals surface area contributed by atoms with Crippen LogP contribution in [0, 0.1) is 5.41 Å². The molecular formula is C9H17BN2. The second-order valence-electron chi connectivity index (χ2n) is 2.80. The van der Waals surface area contributed by atoms with E-state index in [1.54, 1.807) is 0 Å². The van der Waals surface area contributed by atoms with Crippen molar-refractivity contribution in [2.24, 2.45) is 5.73 Å². The molecular weight excluding hydrogens is 147 g/mol. The lowest BCUT2D eigenvalue weighted by Gasteiger charge is -2.05. The molecule has 66 valence electrons. The zero-order valence-electron chi connectivity index (χ0n) is 8.15. The Bertz CT molecular complexity index is 217. The molecule has 0 saturated heterocycles. The minimum Gasteiger partial charge on any atom is -0.385 e. The SMILES string of the molecule is C/C=C\B/C(C(=N)N)=C(\C)CC. The fourth-order valence-corrected chi connectivity index (χ4v) is 0.963. The molecule has 0 aliphatic carbocycles. The smallest absolute Gasteiger partial charge is 0.187 e. The fourth-order valence-electron chi connectivity index (χ4n) is 0.963. The van der Waals surface area contributed by atoms with Crippen molar-refractivity contribution in [3.8, 4) is 0 Å². The predicted octanol–water partition coefficient (Wildman–Crippen LogP) is 1.58. The van der Waals surface area contributed by atoms with Crippen LogP contribution >= 0.6 is 0 Å². The van der Waals surface area contributed by atoms with Crippen molar-refractivity contribution in [2.45, 2.75) is 27.2 Å². The predicted molar refractivity (Wildman–Crippen MR) is 56.9 cm³/mol. The van der Waals surface area contributed by atoms with E-state index in [-0.39, 0.29) is 5.84 Å². The van der Waals surface area contributed by atoms with Gasteiger partial charge in [0.15, 0.2) is 7.28 Å². The second-order valence-corrected chi connectivity index (χ2v) is 2.80. The third-order valence-electron chi connectivity index (χ3n) is 1.93. The highest BCUT2D eigenvalue weighted by Gasteiger charge is 2.03. The van der Waals surface area contributed by atoms with E-state index in [1.807, 2.05) is 25.9 Å². The van der Waals surface area contributed by atoms with Crippen molar-refractivity contribution in [2.75, 3.05) is 0 Å². The number of amidine groups is 1. The lowest BCUT2D eigenvalue weighted by atomic mass is 9.66. The molecule has 3 N–H and O–H groups in total. The summed E-state index contributed by atoms with van der Waals surface area (Å²) in [7, 11) is 0.783. The fraction of sp³-hybridized carbons (Fsp3) is 0.444. The average molecular weight is 164 g/mol. The molecule has 0 unspecified atom stereocenters. The molecule has 0 aromatic carbocycles. The van der Waals surface area contributed by atoms with Crippen molar-refractivity contribution in [3.05, 3.63) is 23.1 Å². The number of nitrogens with one attached hydrogen (secondary N) is 1. The molecule has 0 fully saturated rings. The lowest BCUT2D eigenvalue weighted by Crippen LogP contribution is -2.18. The monoisotopic (exact) mass is 164 g/mol. The Morgan fingerprint density at radius 2 is 2.17 bits per heavy atom. The number of hydrogen-bond acceptors (Lipinski definition) is 1. The van der Waals surface area contributed by atoms with E-state index in [2.05, 4.69) is 6.92 Å². The van der Waals surface area contributed by atoms with Gasteiger partial charge in [-0.25, -0.2) is 0 Å².